The Kier molecular flexibility index (Phi) is 2.96. The van der Waals surface area contributed by atoms with Gasteiger partial charge in [0, 0.05) is 37.6 Å². The first-order chi connectivity index (χ1) is 8.79. The van der Waals surface area contributed by atoms with Crippen molar-refractivity contribution in [2.75, 3.05) is 36.4 Å². The summed E-state index contributed by atoms with van der Waals surface area (Å²) in [5, 5.41) is 6.31. The molecule has 0 aromatic heterocycles. The van der Waals surface area contributed by atoms with E-state index in [9.17, 15) is 4.79 Å². The third-order valence-electron chi connectivity index (χ3n) is 3.88. The lowest BCUT2D eigenvalue weighted by molar-refractivity contribution is -0.117. The molecule has 2 aliphatic rings. The largest absolute Gasteiger partial charge is 0.369 e. The van der Waals surface area contributed by atoms with Gasteiger partial charge in [0.25, 0.3) is 0 Å². The molecule has 96 valence electrons. The average Bonchev–Trinajstić information content (AvgIpc) is 2.74. The second kappa shape index (κ2) is 4.61. The number of piperazine rings is 1. The molecule has 1 atom stereocenters. The number of hydrogen-bond donors (Lipinski definition) is 2. The predicted octanol–water partition coefficient (Wildman–Crippen LogP) is 1.54. The molecule has 2 heterocycles. The molecule has 1 amide bonds. The molecule has 3 rings (SSSR count). The highest BCUT2D eigenvalue weighted by molar-refractivity contribution is 6.03. The Balaban J connectivity index is 1.91. The number of fused-ring (bicyclic) bond motifs is 1. The lowest BCUT2D eigenvalue weighted by Crippen LogP contribution is -2.43. The summed E-state index contributed by atoms with van der Waals surface area (Å²) in [6, 6.07) is 6.34. The molecule has 4 heteroatoms. The van der Waals surface area contributed by atoms with Crippen LogP contribution in [-0.4, -0.2) is 32.1 Å². The van der Waals surface area contributed by atoms with Crippen LogP contribution in [0, 0.1) is 0 Å². The Morgan fingerprint density at radius 3 is 2.83 bits per heavy atom. The van der Waals surface area contributed by atoms with Crippen LogP contribution in [0.15, 0.2) is 18.2 Å². The lowest BCUT2D eigenvalue weighted by atomic mass is 9.97. The Morgan fingerprint density at radius 1 is 1.33 bits per heavy atom. The van der Waals surface area contributed by atoms with Crippen molar-refractivity contribution in [3.05, 3.63) is 23.8 Å². The second-order valence-electron chi connectivity index (χ2n) is 4.96. The minimum absolute atomic E-state index is 0.0304. The maximum atomic E-state index is 11.8. The molecule has 1 aromatic rings. The van der Waals surface area contributed by atoms with Gasteiger partial charge in [-0.05, 0) is 30.2 Å². The molecule has 1 aromatic carbocycles. The van der Waals surface area contributed by atoms with Crippen LogP contribution in [0.2, 0.25) is 0 Å². The summed E-state index contributed by atoms with van der Waals surface area (Å²) in [4.78, 5) is 14.2. The summed E-state index contributed by atoms with van der Waals surface area (Å²) in [6.07, 6.45) is 0.865. The fourth-order valence-electron chi connectivity index (χ4n) is 2.84. The summed E-state index contributed by atoms with van der Waals surface area (Å²) in [5.41, 5.74) is 3.40. The molecule has 2 N–H and O–H groups in total. The fraction of sp³-hybridized carbons (Fsp3) is 0.500. The first-order valence-electron chi connectivity index (χ1n) is 6.70. The van der Waals surface area contributed by atoms with Crippen molar-refractivity contribution in [3.8, 4) is 0 Å². The van der Waals surface area contributed by atoms with Crippen LogP contribution >= 0.6 is 0 Å². The number of anilines is 2. The van der Waals surface area contributed by atoms with Crippen molar-refractivity contribution >= 4 is 17.3 Å². The van der Waals surface area contributed by atoms with Gasteiger partial charge >= 0.3 is 0 Å². The van der Waals surface area contributed by atoms with Gasteiger partial charge in [-0.3, -0.25) is 4.79 Å². The molecule has 1 saturated heterocycles. The number of carbonyl (C=O) groups is 1. The Morgan fingerprint density at radius 2 is 2.11 bits per heavy atom. The summed E-state index contributed by atoms with van der Waals surface area (Å²) >= 11 is 0. The van der Waals surface area contributed by atoms with E-state index in [0.717, 1.165) is 38.3 Å². The molecule has 0 radical (unpaired) electrons. The van der Waals surface area contributed by atoms with E-state index in [0.29, 0.717) is 0 Å². The zero-order valence-corrected chi connectivity index (χ0v) is 10.7. The molecule has 0 bridgehead atoms. The number of rotatable bonds is 2. The smallest absolute Gasteiger partial charge is 0.231 e. The van der Waals surface area contributed by atoms with Crippen LogP contribution in [0.4, 0.5) is 11.4 Å². The molecule has 0 saturated carbocycles. The van der Waals surface area contributed by atoms with Crippen molar-refractivity contribution in [2.24, 2.45) is 0 Å². The van der Waals surface area contributed by atoms with Gasteiger partial charge in [0.15, 0.2) is 0 Å². The normalized spacial score (nSPS) is 22.8. The molecule has 2 aliphatic heterocycles. The number of nitrogens with one attached hydrogen (secondary N) is 2. The third kappa shape index (κ3) is 1.86. The van der Waals surface area contributed by atoms with E-state index in [-0.39, 0.29) is 11.8 Å². The first kappa shape index (κ1) is 11.5. The molecule has 1 unspecified atom stereocenters. The van der Waals surface area contributed by atoms with Gasteiger partial charge in [0.1, 0.15) is 0 Å². The topological polar surface area (TPSA) is 44.4 Å². The number of amides is 1. The highest BCUT2D eigenvalue weighted by Crippen LogP contribution is 2.37. The van der Waals surface area contributed by atoms with Gasteiger partial charge in [0.2, 0.25) is 5.91 Å². The zero-order valence-electron chi connectivity index (χ0n) is 10.7. The molecule has 18 heavy (non-hydrogen) atoms. The lowest BCUT2D eigenvalue weighted by Gasteiger charge is -2.30. The van der Waals surface area contributed by atoms with E-state index in [1.165, 1.54) is 11.3 Å². The fourth-order valence-corrected chi connectivity index (χ4v) is 2.84. The van der Waals surface area contributed by atoms with E-state index >= 15 is 0 Å². The molecule has 0 spiro atoms. The average molecular weight is 245 g/mol. The maximum absolute atomic E-state index is 11.8. The monoisotopic (exact) mass is 245 g/mol. The Labute approximate surface area is 107 Å². The second-order valence-corrected chi connectivity index (χ2v) is 4.96. The highest BCUT2D eigenvalue weighted by Gasteiger charge is 2.29. The molecular formula is C14H19N3O. The first-order valence-corrected chi connectivity index (χ1v) is 6.70. The minimum Gasteiger partial charge on any atom is -0.369 e. The SMILES string of the molecule is CCC1C(=O)Nc2ccc(N3CCNCC3)cc21. The number of carbonyl (C=O) groups excluding carboxylic acids is 1. The van der Waals surface area contributed by atoms with Crippen LogP contribution in [-0.2, 0) is 4.79 Å². The Hall–Kier alpha value is -1.55. The Bertz CT molecular complexity index is 466. The van der Waals surface area contributed by atoms with E-state index in [1.807, 2.05) is 6.07 Å². The predicted molar refractivity (Wildman–Crippen MR) is 73.2 cm³/mol. The number of hydrogen-bond acceptors (Lipinski definition) is 3. The van der Waals surface area contributed by atoms with Crippen molar-refractivity contribution in [1.82, 2.24) is 5.32 Å². The highest BCUT2D eigenvalue weighted by atomic mass is 16.2. The summed E-state index contributed by atoms with van der Waals surface area (Å²) in [7, 11) is 0. The van der Waals surface area contributed by atoms with Crippen molar-refractivity contribution < 1.29 is 4.79 Å². The van der Waals surface area contributed by atoms with E-state index in [1.54, 1.807) is 0 Å². The van der Waals surface area contributed by atoms with Gasteiger partial charge < -0.3 is 15.5 Å². The van der Waals surface area contributed by atoms with Gasteiger partial charge in [-0.1, -0.05) is 6.92 Å². The third-order valence-corrected chi connectivity index (χ3v) is 3.88. The van der Waals surface area contributed by atoms with Crippen LogP contribution in [0.3, 0.4) is 0 Å². The number of nitrogens with zero attached hydrogens (tertiary/aromatic N) is 1. The summed E-state index contributed by atoms with van der Waals surface area (Å²) in [5.74, 6) is 0.174. The van der Waals surface area contributed by atoms with Crippen LogP contribution < -0.4 is 15.5 Å². The number of benzene rings is 1. The van der Waals surface area contributed by atoms with Crippen molar-refractivity contribution in [3.63, 3.8) is 0 Å². The van der Waals surface area contributed by atoms with Crippen molar-refractivity contribution in [2.45, 2.75) is 19.3 Å². The van der Waals surface area contributed by atoms with Crippen LogP contribution in [0.25, 0.3) is 0 Å². The van der Waals surface area contributed by atoms with E-state index in [2.05, 4.69) is 34.6 Å². The quantitative estimate of drug-likeness (QED) is 0.830. The van der Waals surface area contributed by atoms with Gasteiger partial charge in [0.05, 0.1) is 5.92 Å². The summed E-state index contributed by atoms with van der Waals surface area (Å²) < 4.78 is 0. The standard InChI is InChI=1S/C14H19N3O/c1-2-11-12-9-10(17-7-5-15-6-8-17)3-4-13(12)16-14(11)18/h3-4,9,11,15H,2,5-8H2,1H3,(H,16,18). The van der Waals surface area contributed by atoms with Gasteiger partial charge in [-0.25, -0.2) is 0 Å². The zero-order chi connectivity index (χ0) is 12.5. The minimum atomic E-state index is 0.0304. The van der Waals surface area contributed by atoms with Gasteiger partial charge in [-0.2, -0.15) is 0 Å². The van der Waals surface area contributed by atoms with E-state index in [4.69, 9.17) is 0 Å². The molecular weight excluding hydrogens is 226 g/mol. The van der Waals surface area contributed by atoms with E-state index < -0.39 is 0 Å². The molecule has 0 aliphatic carbocycles. The summed E-state index contributed by atoms with van der Waals surface area (Å²) in [6.45, 7) is 6.21. The molecule has 1 fully saturated rings. The molecule has 4 nitrogen and oxygen atoms in total. The van der Waals surface area contributed by atoms with Gasteiger partial charge in [-0.15, -0.1) is 0 Å². The van der Waals surface area contributed by atoms with Crippen LogP contribution in [0.5, 0.6) is 0 Å². The van der Waals surface area contributed by atoms with Crippen LogP contribution in [0.1, 0.15) is 24.8 Å². The maximum Gasteiger partial charge on any atom is 0.231 e. The van der Waals surface area contributed by atoms with Crippen molar-refractivity contribution in [1.29, 1.82) is 0 Å².